The highest BCUT2D eigenvalue weighted by Crippen LogP contribution is 2.13. The molecular weight excluding hydrogens is 232 g/mol. The molecule has 3 nitrogen and oxygen atoms in total. The molecule has 0 saturated heterocycles. The number of hydrogen-bond donors (Lipinski definition) is 0. The first-order valence-corrected chi connectivity index (χ1v) is 8.21. The summed E-state index contributed by atoms with van der Waals surface area (Å²) in [6.07, 6.45) is 5.68. The van der Waals surface area contributed by atoms with Crippen LogP contribution in [0.1, 0.15) is 39.5 Å². The van der Waals surface area contributed by atoms with Crippen molar-refractivity contribution >= 4 is 8.80 Å². The van der Waals surface area contributed by atoms with Crippen molar-refractivity contribution in [2.45, 2.75) is 39.5 Å². The van der Waals surface area contributed by atoms with Crippen LogP contribution < -0.4 is 0 Å². The molecular formula is C13H26O3Si. The summed E-state index contributed by atoms with van der Waals surface area (Å²) < 4.78 is 17.3. The van der Waals surface area contributed by atoms with Crippen molar-refractivity contribution in [2.75, 3.05) is 19.8 Å². The van der Waals surface area contributed by atoms with Crippen LogP contribution in [0.2, 0.25) is 0 Å². The molecule has 0 rings (SSSR count). The predicted octanol–water partition coefficient (Wildman–Crippen LogP) is 3.49. The van der Waals surface area contributed by atoms with E-state index in [4.69, 9.17) is 13.3 Å². The fraction of sp³-hybridized carbons (Fsp3) is 0.692. The Hall–Kier alpha value is -0.423. The highest BCUT2D eigenvalue weighted by atomic mass is 28.4. The van der Waals surface area contributed by atoms with Gasteiger partial charge in [-0.1, -0.05) is 26.5 Å². The van der Waals surface area contributed by atoms with Gasteiger partial charge in [0.1, 0.15) is 0 Å². The average Bonchev–Trinajstić information content (AvgIpc) is 2.37. The monoisotopic (exact) mass is 258 g/mol. The first kappa shape index (κ1) is 16.6. The minimum Gasteiger partial charge on any atom is -0.370 e. The molecule has 0 spiro atoms. The molecule has 0 amide bonds. The van der Waals surface area contributed by atoms with Crippen LogP contribution in [0.4, 0.5) is 0 Å². The van der Waals surface area contributed by atoms with Crippen LogP contribution in [-0.4, -0.2) is 28.6 Å². The van der Waals surface area contributed by atoms with Crippen molar-refractivity contribution in [1.29, 1.82) is 0 Å². The van der Waals surface area contributed by atoms with E-state index in [-0.39, 0.29) is 0 Å². The summed E-state index contributed by atoms with van der Waals surface area (Å²) in [5.41, 5.74) is 1.73. The molecule has 0 N–H and O–H groups in total. The van der Waals surface area contributed by atoms with E-state index in [1.165, 1.54) is 0 Å². The van der Waals surface area contributed by atoms with Crippen LogP contribution in [0, 0.1) is 0 Å². The van der Waals surface area contributed by atoms with E-state index in [1.807, 2.05) is 6.08 Å². The number of hydrogen-bond acceptors (Lipinski definition) is 3. The van der Waals surface area contributed by atoms with Crippen molar-refractivity contribution < 1.29 is 13.3 Å². The standard InChI is InChI=1S/C13H26O3Si/c1-5-9-10-13-16-17(8-4,14-11-6-2)15-12-7-3/h5,8H,1,4,6-7,9-13H2,2-3H3. The molecule has 4 heteroatoms. The third-order valence-electron chi connectivity index (χ3n) is 2.12. The second-order valence-corrected chi connectivity index (χ2v) is 6.27. The normalized spacial score (nSPS) is 11.4. The Balaban J connectivity index is 4.21. The highest BCUT2D eigenvalue weighted by molar-refractivity contribution is 6.66. The van der Waals surface area contributed by atoms with Gasteiger partial charge < -0.3 is 13.3 Å². The second kappa shape index (κ2) is 10.7. The van der Waals surface area contributed by atoms with Crippen molar-refractivity contribution in [1.82, 2.24) is 0 Å². The fourth-order valence-electron chi connectivity index (χ4n) is 1.23. The molecule has 0 saturated carbocycles. The Morgan fingerprint density at radius 2 is 1.47 bits per heavy atom. The summed E-state index contributed by atoms with van der Waals surface area (Å²) in [6, 6.07) is 0. The van der Waals surface area contributed by atoms with Crippen LogP contribution in [-0.2, 0) is 13.3 Å². The van der Waals surface area contributed by atoms with Crippen LogP contribution >= 0.6 is 0 Å². The molecule has 0 heterocycles. The van der Waals surface area contributed by atoms with Crippen LogP contribution in [0.5, 0.6) is 0 Å². The molecule has 0 aliphatic carbocycles. The van der Waals surface area contributed by atoms with Gasteiger partial charge in [0.15, 0.2) is 0 Å². The molecule has 0 aromatic heterocycles. The SMILES string of the molecule is C=CCCCO[Si](C=C)(OCCC)OCCC. The molecule has 0 bridgehead atoms. The van der Waals surface area contributed by atoms with Gasteiger partial charge in [0.25, 0.3) is 0 Å². The Labute approximate surface area is 107 Å². The average molecular weight is 258 g/mol. The number of unbranched alkanes of at least 4 members (excludes halogenated alkanes) is 1. The van der Waals surface area contributed by atoms with Gasteiger partial charge in [0, 0.05) is 19.8 Å². The van der Waals surface area contributed by atoms with Crippen LogP contribution in [0.25, 0.3) is 0 Å². The Morgan fingerprint density at radius 3 is 1.88 bits per heavy atom. The van der Waals surface area contributed by atoms with Crippen molar-refractivity contribution in [2.24, 2.45) is 0 Å². The lowest BCUT2D eigenvalue weighted by Gasteiger charge is -2.26. The molecule has 0 atom stereocenters. The van der Waals surface area contributed by atoms with E-state index in [9.17, 15) is 0 Å². The smallest absolute Gasteiger partial charge is 0.370 e. The number of rotatable bonds is 12. The third kappa shape index (κ3) is 7.49. The maximum Gasteiger partial charge on any atom is 0.529 e. The minimum atomic E-state index is -2.63. The van der Waals surface area contributed by atoms with E-state index < -0.39 is 8.80 Å². The Kier molecular flexibility index (Phi) is 10.4. The molecule has 0 fully saturated rings. The minimum absolute atomic E-state index is 0.637. The lowest BCUT2D eigenvalue weighted by Crippen LogP contribution is -2.45. The Bertz CT molecular complexity index is 199. The predicted molar refractivity (Wildman–Crippen MR) is 73.8 cm³/mol. The second-order valence-electron chi connectivity index (χ2n) is 3.78. The summed E-state index contributed by atoms with van der Waals surface area (Å²) in [6.45, 7) is 13.6. The maximum atomic E-state index is 5.81. The molecule has 0 radical (unpaired) electrons. The lowest BCUT2D eigenvalue weighted by molar-refractivity contribution is 0.0709. The van der Waals surface area contributed by atoms with Crippen LogP contribution in [0.15, 0.2) is 24.9 Å². The summed E-state index contributed by atoms with van der Waals surface area (Å²) in [5, 5.41) is 0. The highest BCUT2D eigenvalue weighted by Gasteiger charge is 2.37. The van der Waals surface area contributed by atoms with Crippen molar-refractivity contribution in [3.63, 3.8) is 0 Å². The van der Waals surface area contributed by atoms with Crippen molar-refractivity contribution in [3.8, 4) is 0 Å². The molecule has 100 valence electrons. The van der Waals surface area contributed by atoms with Gasteiger partial charge in [-0.05, 0) is 31.4 Å². The molecule has 0 aromatic rings. The van der Waals surface area contributed by atoms with E-state index >= 15 is 0 Å². The summed E-state index contributed by atoms with van der Waals surface area (Å²) in [7, 11) is -2.63. The first-order chi connectivity index (χ1) is 8.24. The summed E-state index contributed by atoms with van der Waals surface area (Å²) in [4.78, 5) is 0. The third-order valence-corrected chi connectivity index (χ3v) is 4.44. The van der Waals surface area contributed by atoms with E-state index in [1.54, 1.807) is 5.70 Å². The summed E-state index contributed by atoms with van der Waals surface area (Å²) >= 11 is 0. The van der Waals surface area contributed by atoms with Gasteiger partial charge in [-0.15, -0.1) is 6.58 Å². The van der Waals surface area contributed by atoms with E-state index in [0.717, 1.165) is 25.7 Å². The zero-order chi connectivity index (χ0) is 13.0. The quantitative estimate of drug-likeness (QED) is 0.305. The van der Waals surface area contributed by atoms with Gasteiger partial charge in [-0.2, -0.15) is 0 Å². The van der Waals surface area contributed by atoms with Crippen molar-refractivity contribution in [3.05, 3.63) is 24.9 Å². The van der Waals surface area contributed by atoms with E-state index in [2.05, 4.69) is 27.0 Å². The molecule has 0 aromatic carbocycles. The zero-order valence-corrected chi connectivity index (χ0v) is 12.2. The molecule has 0 unspecified atom stereocenters. The Morgan fingerprint density at radius 1 is 0.941 bits per heavy atom. The topological polar surface area (TPSA) is 27.7 Å². The first-order valence-electron chi connectivity index (χ1n) is 6.41. The van der Waals surface area contributed by atoms with Gasteiger partial charge in [0.2, 0.25) is 0 Å². The zero-order valence-electron chi connectivity index (χ0n) is 11.2. The van der Waals surface area contributed by atoms with Crippen LogP contribution in [0.3, 0.4) is 0 Å². The fourth-order valence-corrected chi connectivity index (χ4v) is 3.24. The van der Waals surface area contributed by atoms with E-state index in [0.29, 0.717) is 19.8 Å². The molecule has 0 aliphatic heterocycles. The maximum absolute atomic E-state index is 5.81. The molecule has 17 heavy (non-hydrogen) atoms. The largest absolute Gasteiger partial charge is 0.529 e. The van der Waals surface area contributed by atoms with Gasteiger partial charge in [0.05, 0.1) is 0 Å². The lowest BCUT2D eigenvalue weighted by atomic mass is 10.3. The van der Waals surface area contributed by atoms with Gasteiger partial charge in [-0.3, -0.25) is 0 Å². The molecule has 0 aliphatic rings. The van der Waals surface area contributed by atoms with Gasteiger partial charge >= 0.3 is 8.80 Å². The number of allylic oxidation sites excluding steroid dienone is 1. The van der Waals surface area contributed by atoms with Gasteiger partial charge in [-0.25, -0.2) is 0 Å². The summed E-state index contributed by atoms with van der Waals surface area (Å²) in [5.74, 6) is 0.